The van der Waals surface area contributed by atoms with Gasteiger partial charge in [-0.2, -0.15) is 0 Å². The number of nitrogens with one attached hydrogen (secondary N) is 1. The van der Waals surface area contributed by atoms with Gasteiger partial charge in [0.1, 0.15) is 11.7 Å². The van der Waals surface area contributed by atoms with Gasteiger partial charge in [0.25, 0.3) is 0 Å². The van der Waals surface area contributed by atoms with Crippen molar-refractivity contribution < 1.29 is 9.50 Å². The normalized spacial score (nSPS) is 20.2. The van der Waals surface area contributed by atoms with Gasteiger partial charge < -0.3 is 10.8 Å². The van der Waals surface area contributed by atoms with Crippen molar-refractivity contribution in [2.45, 2.75) is 13.0 Å². The first-order valence-corrected chi connectivity index (χ1v) is 6.06. The van der Waals surface area contributed by atoms with E-state index in [4.69, 9.17) is 16.2 Å². The molecule has 1 fully saturated rings. The number of nitrogens with zero attached hydrogens (tertiary/aromatic N) is 1. The van der Waals surface area contributed by atoms with E-state index in [2.05, 4.69) is 4.90 Å². The van der Waals surface area contributed by atoms with Crippen LogP contribution in [0.5, 0.6) is 0 Å². The lowest BCUT2D eigenvalue weighted by Crippen LogP contribution is -2.22. The molecule has 0 aromatic heterocycles. The summed E-state index contributed by atoms with van der Waals surface area (Å²) in [6.45, 7) is 2.35. The Morgan fingerprint density at radius 2 is 2.33 bits per heavy atom. The molecule has 1 aromatic carbocycles. The molecule has 1 aliphatic rings. The summed E-state index contributed by atoms with van der Waals surface area (Å²) < 4.78 is 14.1. The highest BCUT2D eigenvalue weighted by Crippen LogP contribution is 2.20. The van der Waals surface area contributed by atoms with Crippen LogP contribution in [0.2, 0.25) is 0 Å². The highest BCUT2D eigenvalue weighted by molar-refractivity contribution is 5.95. The van der Waals surface area contributed by atoms with Gasteiger partial charge in [-0.05, 0) is 24.9 Å². The molecule has 0 saturated carbocycles. The summed E-state index contributed by atoms with van der Waals surface area (Å²) in [5.74, 6) is -0.356. The summed E-state index contributed by atoms with van der Waals surface area (Å²) >= 11 is 0. The fourth-order valence-corrected chi connectivity index (χ4v) is 2.36. The van der Waals surface area contributed by atoms with E-state index in [9.17, 15) is 4.39 Å². The smallest absolute Gasteiger partial charge is 0.138 e. The Balaban J connectivity index is 2.10. The SMILES string of the molecule is N=C(N)c1cccc(CN2CCC(CO)C2)c1F. The number of hydrogen-bond donors (Lipinski definition) is 3. The lowest BCUT2D eigenvalue weighted by atomic mass is 10.1. The minimum Gasteiger partial charge on any atom is -0.396 e. The van der Waals surface area contributed by atoms with E-state index in [1.165, 1.54) is 6.07 Å². The predicted octanol–water partition coefficient (Wildman–Crippen LogP) is 0.924. The number of benzene rings is 1. The maximum atomic E-state index is 14.1. The largest absolute Gasteiger partial charge is 0.396 e. The van der Waals surface area contributed by atoms with Gasteiger partial charge in [-0.3, -0.25) is 10.3 Å². The fraction of sp³-hybridized carbons (Fsp3) is 0.462. The first-order chi connectivity index (χ1) is 8.61. The molecule has 1 aromatic rings. The van der Waals surface area contributed by atoms with Gasteiger partial charge in [-0.25, -0.2) is 4.39 Å². The van der Waals surface area contributed by atoms with E-state index in [-0.39, 0.29) is 18.0 Å². The number of hydrogen-bond acceptors (Lipinski definition) is 3. The summed E-state index contributed by atoms with van der Waals surface area (Å²) in [5, 5.41) is 16.4. The molecular weight excluding hydrogens is 233 g/mol. The summed E-state index contributed by atoms with van der Waals surface area (Å²) in [6, 6.07) is 4.95. The van der Waals surface area contributed by atoms with Gasteiger partial charge in [0.15, 0.2) is 0 Å². The standard InChI is InChI=1S/C13H18FN3O/c14-12-10(2-1-3-11(12)13(15)16)7-17-5-4-9(6-17)8-18/h1-3,9,18H,4-8H2,(H3,15,16). The Morgan fingerprint density at radius 3 is 2.94 bits per heavy atom. The molecule has 4 N–H and O–H groups in total. The van der Waals surface area contributed by atoms with Gasteiger partial charge >= 0.3 is 0 Å². The van der Waals surface area contributed by atoms with Gasteiger partial charge in [-0.15, -0.1) is 0 Å². The highest BCUT2D eigenvalue weighted by Gasteiger charge is 2.22. The van der Waals surface area contributed by atoms with Crippen LogP contribution >= 0.6 is 0 Å². The third-order valence-corrected chi connectivity index (χ3v) is 3.39. The molecule has 0 radical (unpaired) electrons. The number of aliphatic hydroxyl groups is 1. The topological polar surface area (TPSA) is 73.3 Å². The summed E-state index contributed by atoms with van der Waals surface area (Å²) in [7, 11) is 0. The van der Waals surface area contributed by atoms with Crippen LogP contribution in [-0.2, 0) is 6.54 Å². The maximum Gasteiger partial charge on any atom is 0.138 e. The maximum absolute atomic E-state index is 14.1. The van der Waals surface area contributed by atoms with Crippen molar-refractivity contribution in [3.63, 3.8) is 0 Å². The molecule has 1 unspecified atom stereocenters. The van der Waals surface area contributed by atoms with Crippen molar-refractivity contribution in [3.05, 3.63) is 35.1 Å². The Labute approximate surface area is 106 Å². The van der Waals surface area contributed by atoms with Crippen LogP contribution in [0.4, 0.5) is 4.39 Å². The molecule has 0 amide bonds. The zero-order valence-corrected chi connectivity index (χ0v) is 10.2. The number of nitrogen functional groups attached to an aromatic ring is 1. The molecule has 0 aliphatic carbocycles. The van der Waals surface area contributed by atoms with Crippen molar-refractivity contribution in [3.8, 4) is 0 Å². The van der Waals surface area contributed by atoms with Gasteiger partial charge in [0.2, 0.25) is 0 Å². The third kappa shape index (κ3) is 2.68. The number of amidine groups is 1. The van der Waals surface area contributed by atoms with E-state index in [0.29, 0.717) is 18.0 Å². The van der Waals surface area contributed by atoms with E-state index in [1.54, 1.807) is 12.1 Å². The molecule has 1 aliphatic heterocycles. The van der Waals surface area contributed by atoms with Crippen LogP contribution < -0.4 is 5.73 Å². The van der Waals surface area contributed by atoms with Crippen molar-refractivity contribution in [1.29, 1.82) is 5.41 Å². The molecule has 1 heterocycles. The summed E-state index contributed by atoms with van der Waals surface area (Å²) in [4.78, 5) is 2.11. The molecule has 0 bridgehead atoms. The lowest BCUT2D eigenvalue weighted by Gasteiger charge is -2.16. The molecule has 2 rings (SSSR count). The predicted molar refractivity (Wildman–Crippen MR) is 67.9 cm³/mol. The second kappa shape index (κ2) is 5.46. The van der Waals surface area contributed by atoms with E-state index in [1.807, 2.05) is 0 Å². The highest BCUT2D eigenvalue weighted by atomic mass is 19.1. The van der Waals surface area contributed by atoms with Crippen LogP contribution in [0, 0.1) is 17.1 Å². The third-order valence-electron chi connectivity index (χ3n) is 3.39. The average Bonchev–Trinajstić information content (AvgIpc) is 2.79. The van der Waals surface area contributed by atoms with E-state index < -0.39 is 5.82 Å². The summed E-state index contributed by atoms with van der Waals surface area (Å²) in [5.41, 5.74) is 6.05. The number of likely N-dealkylation sites (tertiary alicyclic amines) is 1. The minimum atomic E-state index is -0.405. The quantitative estimate of drug-likeness (QED) is 0.550. The van der Waals surface area contributed by atoms with Crippen LogP contribution in [0.25, 0.3) is 0 Å². The van der Waals surface area contributed by atoms with E-state index in [0.717, 1.165) is 19.5 Å². The zero-order valence-electron chi connectivity index (χ0n) is 10.2. The minimum absolute atomic E-state index is 0.158. The van der Waals surface area contributed by atoms with Crippen LogP contribution in [0.1, 0.15) is 17.5 Å². The molecular formula is C13H18FN3O. The molecule has 98 valence electrons. The Hall–Kier alpha value is -1.46. The second-order valence-corrected chi connectivity index (χ2v) is 4.76. The second-order valence-electron chi connectivity index (χ2n) is 4.76. The average molecular weight is 251 g/mol. The molecule has 18 heavy (non-hydrogen) atoms. The number of halogens is 1. The molecule has 5 heteroatoms. The van der Waals surface area contributed by atoms with E-state index >= 15 is 0 Å². The van der Waals surface area contributed by atoms with Crippen molar-refractivity contribution in [2.24, 2.45) is 11.7 Å². The number of aliphatic hydroxyl groups excluding tert-OH is 1. The van der Waals surface area contributed by atoms with Crippen LogP contribution in [0.15, 0.2) is 18.2 Å². The van der Waals surface area contributed by atoms with Crippen molar-refractivity contribution in [1.82, 2.24) is 4.90 Å². The first-order valence-electron chi connectivity index (χ1n) is 6.06. The van der Waals surface area contributed by atoms with Crippen LogP contribution in [-0.4, -0.2) is 35.5 Å². The lowest BCUT2D eigenvalue weighted by molar-refractivity contribution is 0.219. The Morgan fingerprint density at radius 1 is 1.56 bits per heavy atom. The van der Waals surface area contributed by atoms with Gasteiger partial charge in [0.05, 0.1) is 5.56 Å². The van der Waals surface area contributed by atoms with Crippen molar-refractivity contribution >= 4 is 5.84 Å². The summed E-state index contributed by atoms with van der Waals surface area (Å²) in [6.07, 6.45) is 0.949. The van der Waals surface area contributed by atoms with Crippen molar-refractivity contribution in [2.75, 3.05) is 19.7 Å². The number of nitrogens with two attached hydrogens (primary N) is 1. The number of rotatable bonds is 4. The van der Waals surface area contributed by atoms with Gasteiger partial charge in [0, 0.05) is 25.3 Å². The Kier molecular flexibility index (Phi) is 3.93. The molecule has 4 nitrogen and oxygen atoms in total. The monoisotopic (exact) mass is 251 g/mol. The van der Waals surface area contributed by atoms with Gasteiger partial charge in [-0.1, -0.05) is 12.1 Å². The first kappa shape index (κ1) is 13.0. The zero-order chi connectivity index (χ0) is 13.1. The Bertz CT molecular complexity index is 450. The molecule has 0 spiro atoms. The molecule has 1 atom stereocenters. The van der Waals surface area contributed by atoms with Crippen LogP contribution in [0.3, 0.4) is 0 Å². The molecule has 1 saturated heterocycles. The fourth-order valence-electron chi connectivity index (χ4n) is 2.36.